The molecule has 3 nitrogen and oxygen atoms in total. The number of rotatable bonds is 4. The number of hydrogen-bond acceptors (Lipinski definition) is 3. The van der Waals surface area contributed by atoms with E-state index in [1.807, 2.05) is 0 Å². The van der Waals surface area contributed by atoms with E-state index < -0.39 is 0 Å². The van der Waals surface area contributed by atoms with Crippen molar-refractivity contribution in [3.63, 3.8) is 0 Å². The molecule has 0 unspecified atom stereocenters. The first-order chi connectivity index (χ1) is 8.72. The van der Waals surface area contributed by atoms with Crippen LogP contribution in [0.4, 0.5) is 4.39 Å². The normalized spacial score (nSPS) is 16.8. The van der Waals surface area contributed by atoms with Crippen LogP contribution in [0, 0.1) is 5.82 Å². The zero-order valence-corrected chi connectivity index (χ0v) is 10.9. The first-order valence-corrected chi connectivity index (χ1v) is 6.95. The van der Waals surface area contributed by atoms with Crippen LogP contribution in [0.5, 0.6) is 0 Å². The van der Waals surface area contributed by atoms with Crippen LogP contribution in [0.2, 0.25) is 0 Å². The van der Waals surface area contributed by atoms with Gasteiger partial charge < -0.3 is 0 Å². The molecule has 1 aliphatic carbocycles. The second kappa shape index (κ2) is 4.72. The van der Waals surface area contributed by atoms with Crippen molar-refractivity contribution in [3.05, 3.63) is 41.5 Å². The van der Waals surface area contributed by atoms with E-state index in [0.29, 0.717) is 5.92 Å². The van der Waals surface area contributed by atoms with Gasteiger partial charge in [0.05, 0.1) is 0 Å². The highest BCUT2D eigenvalue weighted by Crippen LogP contribution is 2.39. The molecular weight excluding hydrogens is 249 g/mol. The molecule has 1 aromatic carbocycles. The highest BCUT2D eigenvalue weighted by Gasteiger charge is 2.27. The molecule has 5 heteroatoms. The van der Waals surface area contributed by atoms with Gasteiger partial charge in [0, 0.05) is 11.2 Å². The van der Waals surface area contributed by atoms with Crippen LogP contribution in [0.3, 0.4) is 0 Å². The molecule has 2 aromatic rings. The summed E-state index contributed by atoms with van der Waals surface area (Å²) < 4.78 is 12.8. The molecule has 94 valence electrons. The second-order valence-corrected chi connectivity index (χ2v) is 5.90. The van der Waals surface area contributed by atoms with Crippen LogP contribution in [0.25, 0.3) is 0 Å². The summed E-state index contributed by atoms with van der Waals surface area (Å²) in [5.74, 6) is 1.39. The van der Waals surface area contributed by atoms with E-state index in [0.717, 1.165) is 16.5 Å². The molecule has 0 amide bonds. The smallest absolute Gasteiger partial charge is 0.209 e. The van der Waals surface area contributed by atoms with Gasteiger partial charge in [-0.1, -0.05) is 23.9 Å². The Bertz CT molecular complexity index is 533. The van der Waals surface area contributed by atoms with E-state index in [1.54, 1.807) is 23.9 Å². The summed E-state index contributed by atoms with van der Waals surface area (Å²) in [6.07, 6.45) is 2.43. The van der Waals surface area contributed by atoms with Crippen LogP contribution in [0.15, 0.2) is 29.4 Å². The lowest BCUT2D eigenvalue weighted by Crippen LogP contribution is -1.89. The van der Waals surface area contributed by atoms with Crippen LogP contribution < -0.4 is 0 Å². The number of nitrogens with one attached hydrogen (secondary N) is 1. The van der Waals surface area contributed by atoms with Crippen molar-refractivity contribution in [2.24, 2.45) is 0 Å². The molecule has 0 saturated heterocycles. The molecule has 0 bridgehead atoms. The van der Waals surface area contributed by atoms with Gasteiger partial charge in [0.25, 0.3) is 0 Å². The Morgan fingerprint density at radius 2 is 2.06 bits per heavy atom. The van der Waals surface area contributed by atoms with Gasteiger partial charge in [0.15, 0.2) is 0 Å². The summed E-state index contributed by atoms with van der Waals surface area (Å²) in [5, 5.41) is 8.19. The highest BCUT2D eigenvalue weighted by atomic mass is 32.2. The minimum absolute atomic E-state index is 0.204. The number of hydrogen-bond donors (Lipinski definition) is 1. The summed E-state index contributed by atoms with van der Waals surface area (Å²) in [5.41, 5.74) is 1.08. The Morgan fingerprint density at radius 3 is 2.72 bits per heavy atom. The molecule has 1 N–H and O–H groups in total. The Hall–Kier alpha value is -1.36. The molecule has 1 aromatic heterocycles. The summed E-state index contributed by atoms with van der Waals surface area (Å²) >= 11 is 1.59. The second-order valence-electron chi connectivity index (χ2n) is 4.59. The van der Waals surface area contributed by atoms with Crippen molar-refractivity contribution in [3.8, 4) is 0 Å². The van der Waals surface area contributed by atoms with Crippen molar-refractivity contribution >= 4 is 11.8 Å². The fourth-order valence-corrected chi connectivity index (χ4v) is 2.67. The number of aromatic nitrogens is 3. The molecule has 1 fully saturated rings. The fourth-order valence-electron chi connectivity index (χ4n) is 1.81. The van der Waals surface area contributed by atoms with Crippen LogP contribution in [-0.2, 0) is 0 Å². The fraction of sp³-hybridized carbons (Fsp3) is 0.385. The number of H-pyrrole nitrogens is 1. The van der Waals surface area contributed by atoms with E-state index in [-0.39, 0.29) is 11.1 Å². The zero-order valence-electron chi connectivity index (χ0n) is 10.1. The average Bonchev–Trinajstić information content (AvgIpc) is 3.11. The summed E-state index contributed by atoms with van der Waals surface area (Å²) in [4.78, 5) is 4.48. The number of halogens is 1. The Morgan fingerprint density at radius 1 is 1.33 bits per heavy atom. The number of thioether (sulfide) groups is 1. The largest absolute Gasteiger partial charge is 0.262 e. The predicted molar refractivity (Wildman–Crippen MR) is 69.0 cm³/mol. The van der Waals surface area contributed by atoms with Crippen molar-refractivity contribution < 1.29 is 4.39 Å². The van der Waals surface area contributed by atoms with Gasteiger partial charge in [0.1, 0.15) is 11.6 Å². The molecule has 18 heavy (non-hydrogen) atoms. The summed E-state index contributed by atoms with van der Waals surface area (Å²) in [7, 11) is 0. The van der Waals surface area contributed by atoms with E-state index in [1.165, 1.54) is 25.0 Å². The van der Waals surface area contributed by atoms with Crippen molar-refractivity contribution in [1.82, 2.24) is 15.2 Å². The third kappa shape index (κ3) is 2.56. The third-order valence-electron chi connectivity index (χ3n) is 3.07. The molecule has 0 spiro atoms. The van der Waals surface area contributed by atoms with Crippen molar-refractivity contribution in [2.45, 2.75) is 36.1 Å². The third-order valence-corrected chi connectivity index (χ3v) is 4.09. The van der Waals surface area contributed by atoms with Gasteiger partial charge in [0.2, 0.25) is 5.16 Å². The quantitative estimate of drug-likeness (QED) is 0.856. The van der Waals surface area contributed by atoms with Crippen molar-refractivity contribution in [2.75, 3.05) is 0 Å². The Labute approximate surface area is 109 Å². The molecule has 1 atom stereocenters. The van der Waals surface area contributed by atoms with Gasteiger partial charge >= 0.3 is 0 Å². The monoisotopic (exact) mass is 263 g/mol. The summed E-state index contributed by atoms with van der Waals surface area (Å²) in [6, 6.07) is 6.59. The van der Waals surface area contributed by atoms with Crippen molar-refractivity contribution in [1.29, 1.82) is 0 Å². The Kier molecular flexibility index (Phi) is 3.07. The summed E-state index contributed by atoms with van der Waals surface area (Å²) in [6.45, 7) is 2.07. The molecular formula is C13H14FN3S. The minimum atomic E-state index is -0.204. The zero-order chi connectivity index (χ0) is 12.5. The van der Waals surface area contributed by atoms with Gasteiger partial charge in [-0.05, 0) is 37.5 Å². The molecule has 0 radical (unpaired) electrons. The lowest BCUT2D eigenvalue weighted by atomic mass is 10.2. The highest BCUT2D eigenvalue weighted by molar-refractivity contribution is 7.99. The number of nitrogens with zero attached hydrogens (tertiary/aromatic N) is 2. The first-order valence-electron chi connectivity index (χ1n) is 6.07. The maximum atomic E-state index is 12.8. The maximum Gasteiger partial charge on any atom is 0.209 e. The molecule has 1 saturated carbocycles. The first kappa shape index (κ1) is 11.7. The lowest BCUT2D eigenvalue weighted by molar-refractivity contribution is 0.627. The average molecular weight is 263 g/mol. The van der Waals surface area contributed by atoms with E-state index in [2.05, 4.69) is 22.1 Å². The van der Waals surface area contributed by atoms with Gasteiger partial charge in [-0.25, -0.2) is 9.37 Å². The van der Waals surface area contributed by atoms with Crippen LogP contribution >= 0.6 is 11.8 Å². The molecule has 1 aliphatic rings. The number of aromatic amines is 1. The lowest BCUT2D eigenvalue weighted by Gasteiger charge is -2.08. The standard InChI is InChI=1S/C13H14FN3S/c1-8(9-4-6-11(14)7-5-9)18-13-15-12(16-17-13)10-2-3-10/h4-8,10H,2-3H2,1H3,(H,15,16,17)/t8-/m1/s1. The predicted octanol–water partition coefficient (Wildman–Crippen LogP) is 3.67. The SMILES string of the molecule is C[C@@H](Sc1n[nH]c(C2CC2)n1)c1ccc(F)cc1. The Balaban J connectivity index is 1.68. The molecule has 3 rings (SSSR count). The minimum Gasteiger partial charge on any atom is -0.262 e. The van der Waals surface area contributed by atoms with E-state index in [4.69, 9.17) is 0 Å². The van der Waals surface area contributed by atoms with Crippen LogP contribution in [0.1, 0.15) is 42.3 Å². The van der Waals surface area contributed by atoms with Crippen LogP contribution in [-0.4, -0.2) is 15.2 Å². The van der Waals surface area contributed by atoms with E-state index >= 15 is 0 Å². The maximum absolute atomic E-state index is 12.8. The number of benzene rings is 1. The van der Waals surface area contributed by atoms with E-state index in [9.17, 15) is 4.39 Å². The topological polar surface area (TPSA) is 41.6 Å². The van der Waals surface area contributed by atoms with Gasteiger partial charge in [-0.15, -0.1) is 5.10 Å². The molecule has 0 aliphatic heterocycles. The van der Waals surface area contributed by atoms with Gasteiger partial charge in [-0.2, -0.15) is 0 Å². The molecule has 1 heterocycles. The van der Waals surface area contributed by atoms with Gasteiger partial charge in [-0.3, -0.25) is 5.10 Å².